The van der Waals surface area contributed by atoms with Crippen LogP contribution in [0.15, 0.2) is 48.8 Å². The minimum absolute atomic E-state index is 0.236. The lowest BCUT2D eigenvalue weighted by Crippen LogP contribution is -2.35. The van der Waals surface area contributed by atoms with Gasteiger partial charge in [0.1, 0.15) is 17.0 Å². The van der Waals surface area contributed by atoms with Crippen LogP contribution >= 0.6 is 11.3 Å². The van der Waals surface area contributed by atoms with Crippen molar-refractivity contribution < 1.29 is 19.5 Å². The number of rotatable bonds is 9. The van der Waals surface area contributed by atoms with Crippen molar-refractivity contribution in [3.8, 4) is 0 Å². The van der Waals surface area contributed by atoms with Crippen LogP contribution in [0.5, 0.6) is 0 Å². The van der Waals surface area contributed by atoms with Gasteiger partial charge in [0.15, 0.2) is 6.04 Å². The fourth-order valence-corrected chi connectivity index (χ4v) is 5.21. The van der Waals surface area contributed by atoms with Gasteiger partial charge in [0.05, 0.1) is 11.9 Å². The number of hydrogen-bond donors (Lipinski definition) is 3. The van der Waals surface area contributed by atoms with Crippen LogP contribution in [-0.2, 0) is 27.3 Å². The first-order valence-corrected chi connectivity index (χ1v) is 12.3. The highest BCUT2D eigenvalue weighted by molar-refractivity contribution is 7.19. The maximum absolute atomic E-state index is 12.7. The summed E-state index contributed by atoms with van der Waals surface area (Å²) in [5.41, 5.74) is 1.64. The number of aromatic nitrogens is 2. The third-order valence-corrected chi connectivity index (χ3v) is 6.97. The molecule has 2 aromatic heterocycles. The topological polar surface area (TPSA) is 128 Å². The first kappa shape index (κ1) is 25.3. The van der Waals surface area contributed by atoms with Gasteiger partial charge in [-0.3, -0.25) is 9.59 Å². The summed E-state index contributed by atoms with van der Waals surface area (Å²) in [6.45, 7) is 2.08. The Kier molecular flexibility index (Phi) is 7.91. The number of fused-ring (bicyclic) bond motifs is 3. The smallest absolute Gasteiger partial charge is 0.330 e. The number of carbonyl (C=O) groups is 3. The van der Waals surface area contributed by atoms with Crippen molar-refractivity contribution in [3.05, 3.63) is 64.8 Å². The molecule has 3 N–H and O–H groups in total. The quantitative estimate of drug-likeness (QED) is 0.375. The summed E-state index contributed by atoms with van der Waals surface area (Å²) in [6, 6.07) is 7.97. The number of nitrogens with one attached hydrogen (secondary N) is 2. The number of nitrogens with zero attached hydrogens (tertiary/aromatic N) is 4. The highest BCUT2D eigenvalue weighted by atomic mass is 32.1. The summed E-state index contributed by atoms with van der Waals surface area (Å²) in [4.78, 5) is 50.8. The normalized spacial score (nSPS) is 14.1. The summed E-state index contributed by atoms with van der Waals surface area (Å²) in [5, 5.41) is 16.4. The number of carbonyl (C=O) groups excluding carboxylic acids is 2. The average Bonchev–Trinajstić information content (AvgIpc) is 3.24. The molecule has 1 unspecified atom stereocenters. The Labute approximate surface area is 212 Å². The van der Waals surface area contributed by atoms with Crippen molar-refractivity contribution in [2.24, 2.45) is 0 Å². The maximum Gasteiger partial charge on any atom is 0.330 e. The summed E-state index contributed by atoms with van der Waals surface area (Å²) in [6.07, 6.45) is 4.56. The molecule has 1 aromatic carbocycles. The Morgan fingerprint density at radius 3 is 2.69 bits per heavy atom. The van der Waals surface area contributed by atoms with Crippen molar-refractivity contribution in [3.63, 3.8) is 0 Å². The molecule has 1 aliphatic rings. The van der Waals surface area contributed by atoms with Gasteiger partial charge in [0.25, 0.3) is 0 Å². The van der Waals surface area contributed by atoms with Crippen molar-refractivity contribution in [1.82, 2.24) is 25.1 Å². The predicted octanol–water partition coefficient (Wildman–Crippen LogP) is 2.05. The molecular weight excluding hydrogens is 480 g/mol. The molecule has 0 aliphatic carbocycles. The number of thiophene rings is 1. The van der Waals surface area contributed by atoms with E-state index in [-0.39, 0.29) is 11.8 Å². The van der Waals surface area contributed by atoms with Gasteiger partial charge in [0, 0.05) is 36.7 Å². The Hall–Kier alpha value is -3.83. The van der Waals surface area contributed by atoms with Crippen LogP contribution < -0.4 is 10.6 Å². The molecular formula is C25H28N6O4S. The summed E-state index contributed by atoms with van der Waals surface area (Å²) < 4.78 is 0. The van der Waals surface area contributed by atoms with E-state index in [4.69, 9.17) is 0 Å². The van der Waals surface area contributed by atoms with Gasteiger partial charge in [0.2, 0.25) is 11.8 Å². The number of benzene rings is 1. The lowest BCUT2D eigenvalue weighted by atomic mass is 10.0. The minimum atomic E-state index is -1.01. The fourth-order valence-electron chi connectivity index (χ4n) is 4.01. The van der Waals surface area contributed by atoms with Crippen LogP contribution in [0.25, 0.3) is 10.2 Å². The molecule has 0 radical (unpaired) electrons. The van der Waals surface area contributed by atoms with Crippen LogP contribution in [0.4, 0.5) is 5.82 Å². The minimum Gasteiger partial charge on any atom is -0.479 e. The first-order chi connectivity index (χ1) is 17.3. The van der Waals surface area contributed by atoms with Crippen LogP contribution in [-0.4, -0.2) is 76.4 Å². The van der Waals surface area contributed by atoms with E-state index in [1.54, 1.807) is 29.2 Å². The molecule has 188 valence electrons. The number of hydrogen-bond acceptors (Lipinski definition) is 8. The molecule has 0 saturated carbocycles. The number of carboxylic acid groups (broad SMARTS) is 1. The second-order valence-electron chi connectivity index (χ2n) is 8.67. The largest absolute Gasteiger partial charge is 0.479 e. The second-order valence-corrected chi connectivity index (χ2v) is 9.75. The third-order valence-electron chi connectivity index (χ3n) is 5.85. The summed E-state index contributed by atoms with van der Waals surface area (Å²) >= 11 is 1.46. The van der Waals surface area contributed by atoms with Gasteiger partial charge < -0.3 is 25.5 Å². The van der Waals surface area contributed by atoms with Crippen LogP contribution in [0, 0.1) is 0 Å². The van der Waals surface area contributed by atoms with E-state index >= 15 is 0 Å². The molecule has 0 bridgehead atoms. The van der Waals surface area contributed by atoms with Crippen molar-refractivity contribution in [2.75, 3.05) is 39.0 Å². The van der Waals surface area contributed by atoms with Crippen molar-refractivity contribution in [2.45, 2.75) is 19.0 Å². The highest BCUT2D eigenvalue weighted by Gasteiger charge is 2.27. The molecule has 1 aliphatic heterocycles. The van der Waals surface area contributed by atoms with Gasteiger partial charge >= 0.3 is 5.97 Å². The molecule has 0 fully saturated rings. The Bertz CT molecular complexity index is 1290. The number of amides is 2. The van der Waals surface area contributed by atoms with E-state index in [9.17, 15) is 19.5 Å². The zero-order valence-corrected chi connectivity index (χ0v) is 20.9. The molecule has 1 atom stereocenters. The molecule has 0 saturated heterocycles. The lowest BCUT2D eigenvalue weighted by Gasteiger charge is -2.26. The molecule has 4 rings (SSSR count). The Balaban J connectivity index is 1.49. The van der Waals surface area contributed by atoms with Crippen molar-refractivity contribution >= 4 is 45.2 Å². The number of anilines is 1. The number of aliphatic carboxylic acids is 1. The van der Waals surface area contributed by atoms with E-state index in [0.29, 0.717) is 44.0 Å². The average molecular weight is 509 g/mol. The van der Waals surface area contributed by atoms with E-state index in [1.165, 1.54) is 29.8 Å². The molecule has 3 heterocycles. The van der Waals surface area contributed by atoms with Crippen molar-refractivity contribution in [1.29, 1.82) is 0 Å². The van der Waals surface area contributed by atoms with E-state index in [2.05, 4.69) is 20.6 Å². The first-order valence-electron chi connectivity index (χ1n) is 11.5. The second kappa shape index (κ2) is 11.3. The number of carboxylic acids is 1. The van der Waals surface area contributed by atoms with Crippen LogP contribution in [0.2, 0.25) is 0 Å². The van der Waals surface area contributed by atoms with Gasteiger partial charge in [-0.1, -0.05) is 30.3 Å². The molecule has 2 amide bonds. The molecule has 0 spiro atoms. The molecule has 36 heavy (non-hydrogen) atoms. The fraction of sp³-hybridized carbons (Fsp3) is 0.320. The van der Waals surface area contributed by atoms with Gasteiger partial charge in [-0.05, 0) is 31.6 Å². The Morgan fingerprint density at radius 1 is 1.19 bits per heavy atom. The monoisotopic (exact) mass is 508 g/mol. The number of likely N-dealkylation sites (N-methyl/N-ethyl adjacent to an activating group) is 1. The lowest BCUT2D eigenvalue weighted by molar-refractivity contribution is -0.138. The van der Waals surface area contributed by atoms with Crippen LogP contribution in [0.1, 0.15) is 22.0 Å². The standard InChI is InChI=1S/C25H28N6O4S/c1-30(2)13-11-26-19(32)8-9-20(33)31-12-10-17-18(14-31)36-24-21(17)23(27-15-28-24)29-22(25(34)35)16-6-4-3-5-7-16/h3-9,15,22H,10-14H2,1-2H3,(H,26,32)(H,34,35)(H,27,28,29). The zero-order valence-electron chi connectivity index (χ0n) is 20.1. The third kappa shape index (κ3) is 5.86. The maximum atomic E-state index is 12.7. The predicted molar refractivity (Wildman–Crippen MR) is 138 cm³/mol. The van der Waals surface area contributed by atoms with Gasteiger partial charge in [-0.15, -0.1) is 11.3 Å². The molecule has 10 nitrogen and oxygen atoms in total. The van der Waals surface area contributed by atoms with Crippen LogP contribution in [0.3, 0.4) is 0 Å². The van der Waals surface area contributed by atoms with E-state index in [0.717, 1.165) is 20.7 Å². The van der Waals surface area contributed by atoms with E-state index in [1.807, 2.05) is 25.1 Å². The summed E-state index contributed by atoms with van der Waals surface area (Å²) in [7, 11) is 3.84. The van der Waals surface area contributed by atoms with E-state index < -0.39 is 12.0 Å². The highest BCUT2D eigenvalue weighted by Crippen LogP contribution is 2.38. The molecule has 3 aromatic rings. The van der Waals surface area contributed by atoms with Gasteiger partial charge in [-0.2, -0.15) is 0 Å². The van der Waals surface area contributed by atoms with Gasteiger partial charge in [-0.25, -0.2) is 14.8 Å². The molecule has 11 heteroatoms. The zero-order chi connectivity index (χ0) is 25.7. The summed E-state index contributed by atoms with van der Waals surface area (Å²) in [5.74, 6) is -1.09. The Morgan fingerprint density at radius 2 is 1.97 bits per heavy atom. The SMILES string of the molecule is CN(C)CCNC(=O)C=CC(=O)N1CCc2c(sc3ncnc(NC(C(=O)O)c4ccccc4)c23)C1.